The van der Waals surface area contributed by atoms with Crippen molar-refractivity contribution in [2.45, 2.75) is 0 Å². The third-order valence-corrected chi connectivity index (χ3v) is 2.34. The Morgan fingerprint density at radius 2 is 2.16 bits per heavy atom. The Balaban J connectivity index is 2.25. The van der Waals surface area contributed by atoms with Crippen molar-refractivity contribution in [1.82, 2.24) is 4.98 Å². The van der Waals surface area contributed by atoms with Crippen molar-refractivity contribution >= 4 is 11.5 Å². The fraction of sp³-hybridized carbons (Fsp3) is 0.0833. The fourth-order valence-corrected chi connectivity index (χ4v) is 1.42. The van der Waals surface area contributed by atoms with Gasteiger partial charge in [0.2, 0.25) is 0 Å². The number of nitro benzene ring substituents is 1. The molecule has 0 aliphatic rings. The Morgan fingerprint density at radius 3 is 2.79 bits per heavy atom. The van der Waals surface area contributed by atoms with Gasteiger partial charge in [-0.25, -0.2) is 9.37 Å². The fourth-order valence-electron chi connectivity index (χ4n) is 1.42. The van der Waals surface area contributed by atoms with E-state index >= 15 is 0 Å². The molecule has 1 aromatic heterocycles. The Hall–Kier alpha value is -2.70. The van der Waals surface area contributed by atoms with Gasteiger partial charge in [0.05, 0.1) is 11.0 Å². The first-order valence-corrected chi connectivity index (χ1v) is 5.36. The van der Waals surface area contributed by atoms with Crippen molar-refractivity contribution in [3.8, 4) is 11.5 Å². The van der Waals surface area contributed by atoms with E-state index in [9.17, 15) is 14.5 Å². The molecule has 2 rings (SSSR count). The van der Waals surface area contributed by atoms with Gasteiger partial charge < -0.3 is 10.1 Å². The van der Waals surface area contributed by atoms with Gasteiger partial charge in [-0.3, -0.25) is 10.1 Å². The average molecular weight is 263 g/mol. The third kappa shape index (κ3) is 2.95. The normalized spacial score (nSPS) is 10.0. The van der Waals surface area contributed by atoms with Crippen LogP contribution in [0.3, 0.4) is 0 Å². The summed E-state index contributed by atoms with van der Waals surface area (Å²) in [5, 5.41) is 13.3. The molecular weight excluding hydrogens is 253 g/mol. The van der Waals surface area contributed by atoms with Crippen LogP contribution in [0.5, 0.6) is 11.5 Å². The summed E-state index contributed by atoms with van der Waals surface area (Å²) in [5.41, 5.74) is -0.324. The molecule has 98 valence electrons. The smallest absolute Gasteiger partial charge is 0.272 e. The molecule has 0 bridgehead atoms. The number of hydrogen-bond acceptors (Lipinski definition) is 5. The number of nitrogens with one attached hydrogen (secondary N) is 1. The Bertz CT molecular complexity index is 619. The van der Waals surface area contributed by atoms with Gasteiger partial charge in [-0.2, -0.15) is 0 Å². The molecule has 0 amide bonds. The van der Waals surface area contributed by atoms with E-state index in [0.717, 1.165) is 6.07 Å². The van der Waals surface area contributed by atoms with Gasteiger partial charge in [-0.1, -0.05) is 0 Å². The number of nitro groups is 1. The molecule has 6 nitrogen and oxygen atoms in total. The van der Waals surface area contributed by atoms with Gasteiger partial charge in [-0.05, 0) is 12.1 Å². The quantitative estimate of drug-likeness (QED) is 0.677. The first-order chi connectivity index (χ1) is 9.10. The van der Waals surface area contributed by atoms with E-state index in [2.05, 4.69) is 10.3 Å². The Morgan fingerprint density at radius 1 is 1.37 bits per heavy atom. The van der Waals surface area contributed by atoms with E-state index in [4.69, 9.17) is 4.74 Å². The highest BCUT2D eigenvalue weighted by Gasteiger charge is 2.12. The highest BCUT2D eigenvalue weighted by atomic mass is 19.1. The zero-order chi connectivity index (χ0) is 13.8. The first kappa shape index (κ1) is 12.7. The van der Waals surface area contributed by atoms with E-state index in [1.807, 2.05) is 0 Å². The van der Waals surface area contributed by atoms with Crippen LogP contribution in [-0.4, -0.2) is 17.0 Å². The molecular formula is C12H10FN3O3. The van der Waals surface area contributed by atoms with Crippen LogP contribution in [0, 0.1) is 15.9 Å². The summed E-state index contributed by atoms with van der Waals surface area (Å²) < 4.78 is 18.9. The summed E-state index contributed by atoms with van der Waals surface area (Å²) in [4.78, 5) is 13.8. The van der Waals surface area contributed by atoms with Gasteiger partial charge in [0.25, 0.3) is 5.69 Å². The zero-order valence-electron chi connectivity index (χ0n) is 9.96. The van der Waals surface area contributed by atoms with E-state index in [1.54, 1.807) is 19.2 Å². The summed E-state index contributed by atoms with van der Waals surface area (Å²) in [6.45, 7) is 0. The van der Waals surface area contributed by atoms with Crippen molar-refractivity contribution in [1.29, 1.82) is 0 Å². The lowest BCUT2D eigenvalue weighted by atomic mass is 10.3. The maximum atomic E-state index is 13.6. The van der Waals surface area contributed by atoms with Crippen molar-refractivity contribution in [3.05, 3.63) is 52.5 Å². The highest BCUT2D eigenvalue weighted by molar-refractivity contribution is 5.44. The predicted molar refractivity (Wildman–Crippen MR) is 66.9 cm³/mol. The largest absolute Gasteiger partial charge is 0.454 e. The second-order valence-electron chi connectivity index (χ2n) is 3.60. The van der Waals surface area contributed by atoms with Crippen LogP contribution in [0.15, 0.2) is 36.5 Å². The van der Waals surface area contributed by atoms with Crippen LogP contribution in [0.2, 0.25) is 0 Å². The minimum Gasteiger partial charge on any atom is -0.454 e. The summed E-state index contributed by atoms with van der Waals surface area (Å²) in [6.07, 6.45) is 1.50. The highest BCUT2D eigenvalue weighted by Crippen LogP contribution is 2.28. The van der Waals surface area contributed by atoms with Crippen molar-refractivity contribution in [2.24, 2.45) is 0 Å². The number of nitrogens with zero attached hydrogens (tertiary/aromatic N) is 2. The first-order valence-electron chi connectivity index (χ1n) is 5.36. The van der Waals surface area contributed by atoms with Crippen molar-refractivity contribution < 1.29 is 14.1 Å². The van der Waals surface area contributed by atoms with Crippen LogP contribution in [0.4, 0.5) is 15.9 Å². The van der Waals surface area contributed by atoms with E-state index in [0.29, 0.717) is 11.6 Å². The maximum absolute atomic E-state index is 13.6. The zero-order valence-corrected chi connectivity index (χ0v) is 9.96. The second-order valence-corrected chi connectivity index (χ2v) is 3.60. The van der Waals surface area contributed by atoms with Crippen LogP contribution >= 0.6 is 0 Å². The Labute approximate surface area is 108 Å². The number of rotatable bonds is 4. The summed E-state index contributed by atoms with van der Waals surface area (Å²) in [7, 11) is 1.69. The van der Waals surface area contributed by atoms with E-state index in [1.165, 1.54) is 18.3 Å². The van der Waals surface area contributed by atoms with Gasteiger partial charge in [0.15, 0.2) is 11.6 Å². The summed E-state index contributed by atoms with van der Waals surface area (Å²) in [6, 6.07) is 6.35. The lowest BCUT2D eigenvalue weighted by Gasteiger charge is -2.07. The van der Waals surface area contributed by atoms with Gasteiger partial charge >= 0.3 is 0 Å². The van der Waals surface area contributed by atoms with Gasteiger partial charge in [0, 0.05) is 25.4 Å². The van der Waals surface area contributed by atoms with E-state index < -0.39 is 10.7 Å². The number of halogens is 1. The predicted octanol–water partition coefficient (Wildman–Crippen LogP) is 2.96. The minimum absolute atomic E-state index is 0.0844. The van der Waals surface area contributed by atoms with Crippen LogP contribution < -0.4 is 10.1 Å². The number of aromatic nitrogens is 1. The lowest BCUT2D eigenvalue weighted by Crippen LogP contribution is -1.94. The monoisotopic (exact) mass is 263 g/mol. The van der Waals surface area contributed by atoms with Crippen molar-refractivity contribution in [2.75, 3.05) is 12.4 Å². The van der Waals surface area contributed by atoms with Gasteiger partial charge in [0.1, 0.15) is 11.6 Å². The van der Waals surface area contributed by atoms with Gasteiger partial charge in [-0.15, -0.1) is 0 Å². The molecule has 0 atom stereocenters. The minimum atomic E-state index is -0.794. The summed E-state index contributed by atoms with van der Waals surface area (Å²) in [5.74, 6) is 0.0720. The SMILES string of the molecule is CNc1cc(Oc2ccc([N+](=O)[O-])cc2F)ccn1. The number of benzene rings is 1. The number of ether oxygens (including phenoxy) is 1. The molecule has 0 saturated carbocycles. The molecule has 1 heterocycles. The number of pyridine rings is 1. The molecule has 19 heavy (non-hydrogen) atoms. The molecule has 0 saturated heterocycles. The number of hydrogen-bond donors (Lipinski definition) is 1. The lowest BCUT2D eigenvalue weighted by molar-refractivity contribution is -0.385. The molecule has 0 unspecified atom stereocenters. The second kappa shape index (κ2) is 5.30. The molecule has 0 aliphatic carbocycles. The third-order valence-electron chi connectivity index (χ3n) is 2.34. The maximum Gasteiger partial charge on any atom is 0.272 e. The molecule has 0 spiro atoms. The molecule has 0 fully saturated rings. The van der Waals surface area contributed by atoms with Crippen LogP contribution in [0.1, 0.15) is 0 Å². The molecule has 0 radical (unpaired) electrons. The van der Waals surface area contributed by atoms with Crippen LogP contribution in [0.25, 0.3) is 0 Å². The Kier molecular flexibility index (Phi) is 3.56. The topological polar surface area (TPSA) is 77.3 Å². The number of anilines is 1. The molecule has 1 aromatic carbocycles. The molecule has 2 aromatic rings. The molecule has 7 heteroatoms. The molecule has 0 aliphatic heterocycles. The standard InChI is InChI=1S/C12H10FN3O3/c1-14-12-7-9(4-5-15-12)19-11-3-2-8(16(17)18)6-10(11)13/h2-7H,1H3,(H,14,15). The van der Waals surface area contributed by atoms with Crippen LogP contribution in [-0.2, 0) is 0 Å². The molecule has 1 N–H and O–H groups in total. The average Bonchev–Trinajstić information content (AvgIpc) is 2.41. The van der Waals surface area contributed by atoms with E-state index in [-0.39, 0.29) is 11.4 Å². The summed E-state index contributed by atoms with van der Waals surface area (Å²) >= 11 is 0. The number of non-ortho nitro benzene ring substituents is 1. The van der Waals surface area contributed by atoms with Crippen molar-refractivity contribution in [3.63, 3.8) is 0 Å².